The van der Waals surface area contributed by atoms with E-state index < -0.39 is 56.0 Å². The minimum Gasteiger partial charge on any atom is -0.479 e. The third kappa shape index (κ3) is 3.14. The van der Waals surface area contributed by atoms with Crippen LogP contribution in [0.25, 0.3) is 0 Å². The van der Waals surface area contributed by atoms with Gasteiger partial charge in [-0.05, 0) is 0 Å². The lowest BCUT2D eigenvalue weighted by Crippen LogP contribution is -2.60. The van der Waals surface area contributed by atoms with Crippen molar-refractivity contribution in [3.05, 3.63) is 0 Å². The largest absolute Gasteiger partial charge is 0.479 e. The lowest BCUT2D eigenvalue weighted by atomic mass is 9.99. The van der Waals surface area contributed by atoms with Gasteiger partial charge in [-0.3, -0.25) is 0 Å². The van der Waals surface area contributed by atoms with Crippen LogP contribution in [0.1, 0.15) is 0 Å². The molecule has 0 aliphatic carbocycles. The summed E-state index contributed by atoms with van der Waals surface area (Å²) >= 11 is 0. The summed E-state index contributed by atoms with van der Waals surface area (Å²) in [6.07, 6.45) is -9.32. The van der Waals surface area contributed by atoms with E-state index in [-0.39, 0.29) is 0 Å². The van der Waals surface area contributed by atoms with Crippen LogP contribution in [-0.4, -0.2) is 86.6 Å². The first kappa shape index (κ1) is 15.2. The number of aliphatic hydroxyl groups excluding tert-OH is 5. The second-order valence-electron chi connectivity index (χ2n) is 3.84. The molecule has 9 heteroatoms. The number of aliphatic carboxylic acids is 1. The smallest absolute Gasteiger partial charge is 0.335 e. The molecule has 0 bridgehead atoms. The van der Waals surface area contributed by atoms with Gasteiger partial charge in [-0.15, -0.1) is 0 Å². The Hall–Kier alpha value is -0.810. The monoisotopic (exact) mass is 268 g/mol. The molecule has 6 N–H and O–H groups in total. The molecule has 1 fully saturated rings. The molecule has 0 radical (unpaired) electrons. The molecule has 2 unspecified atom stereocenters. The first-order chi connectivity index (χ1) is 8.42. The summed E-state index contributed by atoms with van der Waals surface area (Å²) < 4.78 is 9.67. The molecule has 0 aromatic heterocycles. The molecule has 1 aliphatic rings. The maximum absolute atomic E-state index is 10.6. The first-order valence-corrected chi connectivity index (χ1v) is 5.22. The van der Waals surface area contributed by atoms with Gasteiger partial charge in [0.15, 0.2) is 12.4 Å². The van der Waals surface area contributed by atoms with Gasteiger partial charge < -0.3 is 40.1 Å². The lowest BCUT2D eigenvalue weighted by Gasteiger charge is -2.40. The van der Waals surface area contributed by atoms with Crippen molar-refractivity contribution in [2.24, 2.45) is 0 Å². The minimum atomic E-state index is -1.70. The third-order valence-corrected chi connectivity index (χ3v) is 2.59. The Bertz CT molecular complexity index is 281. The summed E-state index contributed by atoms with van der Waals surface area (Å²) in [5.41, 5.74) is 0. The van der Waals surface area contributed by atoms with Gasteiger partial charge in [0, 0.05) is 0 Å². The number of hydrogen-bond acceptors (Lipinski definition) is 8. The average molecular weight is 268 g/mol. The van der Waals surface area contributed by atoms with E-state index in [2.05, 4.69) is 0 Å². The summed E-state index contributed by atoms with van der Waals surface area (Å²) in [6.45, 7) is -1.51. The minimum absolute atomic E-state index is 0.651. The predicted octanol–water partition coefficient (Wildman–Crippen LogP) is -3.75. The fourth-order valence-electron chi connectivity index (χ4n) is 1.52. The molecule has 1 heterocycles. The molecule has 0 aromatic rings. The molecule has 6 atom stereocenters. The Morgan fingerprint density at radius 2 is 1.78 bits per heavy atom. The van der Waals surface area contributed by atoms with E-state index in [4.69, 9.17) is 24.8 Å². The van der Waals surface area contributed by atoms with Crippen LogP contribution in [0.15, 0.2) is 0 Å². The van der Waals surface area contributed by atoms with Gasteiger partial charge in [0.05, 0.1) is 13.2 Å². The van der Waals surface area contributed by atoms with Crippen molar-refractivity contribution in [3.8, 4) is 0 Å². The molecule has 0 spiro atoms. The maximum atomic E-state index is 10.6. The van der Waals surface area contributed by atoms with E-state index in [0.29, 0.717) is 0 Å². The van der Waals surface area contributed by atoms with Gasteiger partial charge in [0.2, 0.25) is 0 Å². The highest BCUT2D eigenvalue weighted by atomic mass is 16.7. The van der Waals surface area contributed by atoms with Crippen molar-refractivity contribution < 1.29 is 44.9 Å². The Morgan fingerprint density at radius 1 is 1.17 bits per heavy atom. The van der Waals surface area contributed by atoms with Crippen molar-refractivity contribution in [1.82, 2.24) is 0 Å². The second-order valence-corrected chi connectivity index (χ2v) is 3.84. The highest BCUT2D eigenvalue weighted by Crippen LogP contribution is 2.22. The Labute approximate surface area is 102 Å². The summed E-state index contributed by atoms with van der Waals surface area (Å²) in [5.74, 6) is -1.48. The van der Waals surface area contributed by atoms with Gasteiger partial charge in [-0.2, -0.15) is 0 Å². The van der Waals surface area contributed by atoms with Crippen LogP contribution in [0.5, 0.6) is 0 Å². The predicted molar refractivity (Wildman–Crippen MR) is 53.4 cm³/mol. The molecule has 0 amide bonds. The lowest BCUT2D eigenvalue weighted by molar-refractivity contribution is -0.311. The molecular weight excluding hydrogens is 252 g/mol. The number of hydrogen-bond donors (Lipinski definition) is 6. The number of ether oxygens (including phenoxy) is 2. The summed E-state index contributed by atoms with van der Waals surface area (Å²) in [6, 6.07) is 0. The summed E-state index contributed by atoms with van der Waals surface area (Å²) in [7, 11) is 0. The Kier molecular flexibility index (Phi) is 5.41. The molecule has 1 rings (SSSR count). The zero-order chi connectivity index (χ0) is 13.9. The summed E-state index contributed by atoms with van der Waals surface area (Å²) in [4.78, 5) is 10.6. The van der Waals surface area contributed by atoms with Crippen molar-refractivity contribution >= 4 is 5.97 Å². The molecule has 0 saturated carbocycles. The van der Waals surface area contributed by atoms with Crippen LogP contribution in [0.3, 0.4) is 0 Å². The van der Waals surface area contributed by atoms with Crippen LogP contribution in [-0.2, 0) is 14.3 Å². The standard InChI is InChI=1S/C9H16O9/c10-1-3-5(12)6(13)7(14)9(17-3)18-4(2-11)8(15)16/h3-7,9-14H,1-2H2,(H,15,16)/t3?,4-,5+,6+,7?,9+/m1/s1. The zero-order valence-corrected chi connectivity index (χ0v) is 9.29. The van der Waals surface area contributed by atoms with Crippen LogP contribution in [0.2, 0.25) is 0 Å². The molecule has 1 saturated heterocycles. The highest BCUT2D eigenvalue weighted by Gasteiger charge is 2.45. The second kappa shape index (κ2) is 6.38. The van der Waals surface area contributed by atoms with Crippen molar-refractivity contribution in [3.63, 3.8) is 0 Å². The quantitative estimate of drug-likeness (QED) is 0.294. The SMILES string of the molecule is O=C(O)[C@@H](CO)O[C@@H]1OC(CO)[C@H](O)[C@H](O)C1O. The van der Waals surface area contributed by atoms with E-state index in [1.807, 2.05) is 0 Å². The zero-order valence-electron chi connectivity index (χ0n) is 9.29. The average Bonchev–Trinajstić information content (AvgIpc) is 2.35. The Morgan fingerprint density at radius 3 is 2.22 bits per heavy atom. The van der Waals surface area contributed by atoms with Gasteiger partial charge in [0.25, 0.3) is 0 Å². The van der Waals surface area contributed by atoms with Gasteiger partial charge >= 0.3 is 5.97 Å². The molecule has 1 aliphatic heterocycles. The fraction of sp³-hybridized carbons (Fsp3) is 0.889. The normalized spacial score (nSPS) is 38.4. The van der Waals surface area contributed by atoms with Crippen LogP contribution < -0.4 is 0 Å². The molecule has 9 nitrogen and oxygen atoms in total. The summed E-state index contributed by atoms with van der Waals surface area (Å²) in [5, 5.41) is 54.7. The molecule has 106 valence electrons. The number of carbonyl (C=O) groups is 1. The molecule has 0 aromatic carbocycles. The van der Waals surface area contributed by atoms with Crippen LogP contribution >= 0.6 is 0 Å². The molecular formula is C9H16O9. The highest BCUT2D eigenvalue weighted by molar-refractivity contribution is 5.72. The van der Waals surface area contributed by atoms with E-state index in [1.54, 1.807) is 0 Å². The molecule has 18 heavy (non-hydrogen) atoms. The van der Waals surface area contributed by atoms with E-state index in [9.17, 15) is 20.1 Å². The maximum Gasteiger partial charge on any atom is 0.335 e. The van der Waals surface area contributed by atoms with E-state index in [0.717, 1.165) is 0 Å². The number of carboxylic acids is 1. The van der Waals surface area contributed by atoms with Crippen molar-refractivity contribution in [2.75, 3.05) is 13.2 Å². The number of rotatable bonds is 5. The van der Waals surface area contributed by atoms with E-state index >= 15 is 0 Å². The Balaban J connectivity index is 2.72. The van der Waals surface area contributed by atoms with Crippen molar-refractivity contribution in [2.45, 2.75) is 36.8 Å². The third-order valence-electron chi connectivity index (χ3n) is 2.59. The van der Waals surface area contributed by atoms with Crippen LogP contribution in [0, 0.1) is 0 Å². The fourth-order valence-corrected chi connectivity index (χ4v) is 1.52. The van der Waals surface area contributed by atoms with Gasteiger partial charge in [0.1, 0.15) is 24.4 Å². The number of carboxylic acid groups (broad SMARTS) is 1. The van der Waals surface area contributed by atoms with E-state index in [1.165, 1.54) is 0 Å². The number of aliphatic hydroxyl groups is 5. The first-order valence-electron chi connectivity index (χ1n) is 5.22. The van der Waals surface area contributed by atoms with Crippen LogP contribution in [0.4, 0.5) is 0 Å². The van der Waals surface area contributed by atoms with Gasteiger partial charge in [-0.25, -0.2) is 4.79 Å². The topological polar surface area (TPSA) is 157 Å². The van der Waals surface area contributed by atoms with Gasteiger partial charge in [-0.1, -0.05) is 0 Å². The van der Waals surface area contributed by atoms with Crippen molar-refractivity contribution in [1.29, 1.82) is 0 Å².